The van der Waals surface area contributed by atoms with Gasteiger partial charge in [0.05, 0.1) is 18.2 Å². The number of unbranched alkanes of at least 4 members (excludes halogenated alkanes) is 2. The molecule has 40 heavy (non-hydrogen) atoms. The summed E-state index contributed by atoms with van der Waals surface area (Å²) >= 11 is 0. The number of amides is 2. The summed E-state index contributed by atoms with van der Waals surface area (Å²) in [4.78, 5) is 48.8. The SMILES string of the molecule is CC[C@H](NC(=O)Cc1c(C)c2cc3c(-c4ccc(F)cc4)coc3cc2oc1=O)C(=O)NCCCCCC(=O)O. The third-order valence-corrected chi connectivity index (χ3v) is 6.90. The van der Waals surface area contributed by atoms with E-state index in [0.717, 1.165) is 16.5 Å². The Hall–Kier alpha value is -4.47. The van der Waals surface area contributed by atoms with Crippen molar-refractivity contribution in [3.8, 4) is 11.1 Å². The molecule has 4 rings (SSSR count). The predicted molar refractivity (Wildman–Crippen MR) is 147 cm³/mol. The molecular formula is C30H31FN2O7. The number of carboxylic acid groups (broad SMARTS) is 1. The average molecular weight is 551 g/mol. The first-order valence-corrected chi connectivity index (χ1v) is 13.2. The fourth-order valence-corrected chi connectivity index (χ4v) is 4.64. The molecule has 2 aromatic carbocycles. The molecule has 2 aromatic heterocycles. The van der Waals surface area contributed by atoms with Crippen LogP contribution in [0.15, 0.2) is 56.3 Å². The van der Waals surface area contributed by atoms with Crippen LogP contribution < -0.4 is 16.3 Å². The molecule has 3 N–H and O–H groups in total. The molecule has 0 radical (unpaired) electrons. The van der Waals surface area contributed by atoms with Gasteiger partial charge in [0, 0.05) is 35.4 Å². The van der Waals surface area contributed by atoms with Gasteiger partial charge in [0.2, 0.25) is 11.8 Å². The van der Waals surface area contributed by atoms with Crippen LogP contribution in [0.4, 0.5) is 4.39 Å². The lowest BCUT2D eigenvalue weighted by atomic mass is 9.99. The van der Waals surface area contributed by atoms with E-state index in [0.29, 0.717) is 54.3 Å². The Bertz CT molecular complexity index is 1600. The van der Waals surface area contributed by atoms with Gasteiger partial charge in [-0.05, 0) is 55.5 Å². The van der Waals surface area contributed by atoms with Gasteiger partial charge < -0.3 is 24.6 Å². The van der Waals surface area contributed by atoms with Gasteiger partial charge in [-0.3, -0.25) is 14.4 Å². The smallest absolute Gasteiger partial charge is 0.340 e. The van der Waals surface area contributed by atoms with E-state index < -0.39 is 23.5 Å². The largest absolute Gasteiger partial charge is 0.481 e. The maximum absolute atomic E-state index is 13.4. The Morgan fingerprint density at radius 2 is 1.77 bits per heavy atom. The monoisotopic (exact) mass is 550 g/mol. The molecule has 0 saturated carbocycles. The van der Waals surface area contributed by atoms with Crippen LogP contribution in [0.5, 0.6) is 0 Å². The van der Waals surface area contributed by atoms with E-state index in [1.54, 1.807) is 38.3 Å². The zero-order valence-electron chi connectivity index (χ0n) is 22.3. The van der Waals surface area contributed by atoms with Crippen molar-refractivity contribution >= 4 is 39.7 Å². The van der Waals surface area contributed by atoms with Crippen LogP contribution in [0.2, 0.25) is 0 Å². The van der Waals surface area contributed by atoms with Crippen molar-refractivity contribution in [1.29, 1.82) is 0 Å². The molecule has 210 valence electrons. The third-order valence-electron chi connectivity index (χ3n) is 6.90. The molecule has 0 saturated heterocycles. The molecule has 0 spiro atoms. The second-order valence-corrected chi connectivity index (χ2v) is 9.69. The number of hydrogen-bond acceptors (Lipinski definition) is 6. The summed E-state index contributed by atoms with van der Waals surface area (Å²) in [5, 5.41) is 15.5. The highest BCUT2D eigenvalue weighted by atomic mass is 19.1. The number of aryl methyl sites for hydroxylation is 1. The van der Waals surface area contributed by atoms with Crippen LogP contribution in [0, 0.1) is 12.7 Å². The van der Waals surface area contributed by atoms with E-state index in [9.17, 15) is 23.6 Å². The van der Waals surface area contributed by atoms with Gasteiger partial charge in [0.15, 0.2) is 0 Å². The van der Waals surface area contributed by atoms with Crippen LogP contribution in [0.25, 0.3) is 33.1 Å². The summed E-state index contributed by atoms with van der Waals surface area (Å²) in [7, 11) is 0. The third kappa shape index (κ3) is 6.56. The number of hydrogen-bond donors (Lipinski definition) is 3. The number of carboxylic acids is 1. The second-order valence-electron chi connectivity index (χ2n) is 9.69. The summed E-state index contributed by atoms with van der Waals surface area (Å²) in [5.74, 6) is -2.03. The number of rotatable bonds is 12. The van der Waals surface area contributed by atoms with Crippen LogP contribution in [0.3, 0.4) is 0 Å². The van der Waals surface area contributed by atoms with E-state index in [-0.39, 0.29) is 30.1 Å². The highest BCUT2D eigenvalue weighted by molar-refractivity contribution is 6.02. The Kier molecular flexibility index (Phi) is 8.98. The second kappa shape index (κ2) is 12.6. The number of carbonyl (C=O) groups is 3. The maximum atomic E-state index is 13.4. The van der Waals surface area contributed by atoms with Gasteiger partial charge in [-0.25, -0.2) is 9.18 Å². The van der Waals surface area contributed by atoms with Gasteiger partial charge >= 0.3 is 11.6 Å². The van der Waals surface area contributed by atoms with Crippen molar-refractivity contribution in [3.63, 3.8) is 0 Å². The summed E-state index contributed by atoms with van der Waals surface area (Å²) in [6.07, 6.45) is 3.57. The van der Waals surface area contributed by atoms with Crippen molar-refractivity contribution in [2.24, 2.45) is 0 Å². The molecule has 0 aliphatic carbocycles. The number of carbonyl (C=O) groups excluding carboxylic acids is 2. The minimum atomic E-state index is -0.849. The first-order valence-electron chi connectivity index (χ1n) is 13.2. The zero-order valence-corrected chi connectivity index (χ0v) is 22.3. The highest BCUT2D eigenvalue weighted by Crippen LogP contribution is 2.34. The van der Waals surface area contributed by atoms with Crippen LogP contribution in [-0.2, 0) is 20.8 Å². The summed E-state index contributed by atoms with van der Waals surface area (Å²) in [6.45, 7) is 3.88. The molecular weight excluding hydrogens is 519 g/mol. The summed E-state index contributed by atoms with van der Waals surface area (Å²) < 4.78 is 24.6. The molecule has 0 aliphatic heterocycles. The summed E-state index contributed by atoms with van der Waals surface area (Å²) in [5.41, 5.74) is 2.44. The van der Waals surface area contributed by atoms with Crippen molar-refractivity contribution < 1.29 is 32.7 Å². The number of benzene rings is 2. The van der Waals surface area contributed by atoms with Crippen molar-refractivity contribution in [1.82, 2.24) is 10.6 Å². The zero-order chi connectivity index (χ0) is 28.8. The van der Waals surface area contributed by atoms with E-state index in [4.69, 9.17) is 13.9 Å². The molecule has 2 heterocycles. The Balaban J connectivity index is 1.48. The predicted octanol–water partition coefficient (Wildman–Crippen LogP) is 4.85. The number of nitrogens with one attached hydrogen (secondary N) is 2. The Morgan fingerprint density at radius 1 is 1.02 bits per heavy atom. The first kappa shape index (κ1) is 28.5. The first-order chi connectivity index (χ1) is 19.2. The minimum absolute atomic E-state index is 0.0894. The van der Waals surface area contributed by atoms with Gasteiger partial charge in [0.25, 0.3) is 0 Å². The lowest BCUT2D eigenvalue weighted by molar-refractivity contribution is -0.137. The van der Waals surface area contributed by atoms with Gasteiger partial charge in [-0.15, -0.1) is 0 Å². The van der Waals surface area contributed by atoms with E-state index >= 15 is 0 Å². The van der Waals surface area contributed by atoms with E-state index in [1.165, 1.54) is 12.1 Å². The van der Waals surface area contributed by atoms with Gasteiger partial charge in [0.1, 0.15) is 23.0 Å². The van der Waals surface area contributed by atoms with Crippen molar-refractivity contribution in [2.75, 3.05) is 6.54 Å². The number of fused-ring (bicyclic) bond motifs is 2. The topological polar surface area (TPSA) is 139 Å². The maximum Gasteiger partial charge on any atom is 0.340 e. The van der Waals surface area contributed by atoms with Gasteiger partial charge in [-0.2, -0.15) is 0 Å². The fraction of sp³-hybridized carbons (Fsp3) is 0.333. The van der Waals surface area contributed by atoms with Crippen molar-refractivity contribution in [2.45, 2.75) is 58.4 Å². The molecule has 2 amide bonds. The normalized spacial score (nSPS) is 12.0. The Morgan fingerprint density at radius 3 is 2.48 bits per heavy atom. The molecule has 0 unspecified atom stereocenters. The fourth-order valence-electron chi connectivity index (χ4n) is 4.64. The molecule has 4 aromatic rings. The van der Waals surface area contributed by atoms with Gasteiger partial charge in [-0.1, -0.05) is 25.5 Å². The molecule has 1 atom stereocenters. The quantitative estimate of drug-likeness (QED) is 0.169. The number of aliphatic carboxylic acids is 1. The Labute approximate surface area is 229 Å². The van der Waals surface area contributed by atoms with E-state index in [1.807, 2.05) is 6.07 Å². The highest BCUT2D eigenvalue weighted by Gasteiger charge is 2.22. The molecule has 0 bridgehead atoms. The van der Waals surface area contributed by atoms with Crippen molar-refractivity contribution in [3.05, 3.63) is 70.0 Å². The standard InChI is InChI=1S/C30H31FN2O7/c1-3-24(29(37)32-12-6-4-5-7-28(35)36)33-27(34)14-21-17(2)20-13-22-23(18-8-10-19(31)11-9-18)16-39-25(22)15-26(20)40-30(21)38/h8-11,13,15-16,24H,3-7,12,14H2,1-2H3,(H,32,37)(H,33,34)(H,35,36)/t24-/m0/s1. The molecule has 9 nitrogen and oxygen atoms in total. The summed E-state index contributed by atoms with van der Waals surface area (Å²) in [6, 6.07) is 8.70. The number of halogens is 1. The molecule has 10 heteroatoms. The lowest BCUT2D eigenvalue weighted by Crippen LogP contribution is -2.47. The lowest BCUT2D eigenvalue weighted by Gasteiger charge is -2.17. The molecule has 0 fully saturated rings. The van der Waals surface area contributed by atoms with Crippen LogP contribution in [0.1, 0.15) is 50.2 Å². The van der Waals surface area contributed by atoms with E-state index in [2.05, 4.69) is 10.6 Å². The minimum Gasteiger partial charge on any atom is -0.481 e. The van der Waals surface area contributed by atoms with Crippen LogP contribution >= 0.6 is 0 Å². The van der Waals surface area contributed by atoms with Crippen LogP contribution in [-0.4, -0.2) is 35.5 Å². The average Bonchev–Trinajstić information content (AvgIpc) is 3.33. The number of furan rings is 1. The molecule has 0 aliphatic rings.